The Morgan fingerprint density at radius 2 is 2.11 bits per heavy atom. The summed E-state index contributed by atoms with van der Waals surface area (Å²) in [6.45, 7) is 9.85. The molecule has 104 valence electrons. The van der Waals surface area contributed by atoms with Gasteiger partial charge in [-0.25, -0.2) is 0 Å². The molecule has 1 N–H and O–H groups in total. The molecule has 0 aliphatic heterocycles. The van der Waals surface area contributed by atoms with Gasteiger partial charge in [0.05, 0.1) is 11.8 Å². The average molecular weight is 274 g/mol. The fourth-order valence-electron chi connectivity index (χ4n) is 2.17. The Balaban J connectivity index is 2.82. The molecule has 0 radical (unpaired) electrons. The van der Waals surface area contributed by atoms with Gasteiger partial charge in [-0.2, -0.15) is 5.10 Å². The molecule has 0 fully saturated rings. The lowest BCUT2D eigenvalue weighted by atomic mass is 10.0. The number of hydrogen-bond acceptors (Lipinski definition) is 3. The van der Waals surface area contributed by atoms with E-state index in [1.807, 2.05) is 20.9 Å². The van der Waals surface area contributed by atoms with E-state index in [4.69, 9.17) is 16.3 Å². The maximum Gasteiger partial charge on any atom is 0.130 e. The van der Waals surface area contributed by atoms with Gasteiger partial charge < -0.3 is 10.1 Å². The van der Waals surface area contributed by atoms with Crippen molar-refractivity contribution in [3.8, 4) is 0 Å². The molecule has 5 heteroatoms. The van der Waals surface area contributed by atoms with Crippen molar-refractivity contribution in [2.24, 2.45) is 7.05 Å². The Bertz CT molecular complexity index is 379. The molecular formula is C13H24ClN3O. The van der Waals surface area contributed by atoms with E-state index >= 15 is 0 Å². The fourth-order valence-corrected chi connectivity index (χ4v) is 2.42. The van der Waals surface area contributed by atoms with Crippen LogP contribution in [0.25, 0.3) is 0 Å². The van der Waals surface area contributed by atoms with E-state index in [1.54, 1.807) is 4.68 Å². The molecule has 0 spiro atoms. The van der Waals surface area contributed by atoms with Gasteiger partial charge in [-0.15, -0.1) is 0 Å². The van der Waals surface area contributed by atoms with Crippen LogP contribution in [-0.4, -0.2) is 35.1 Å². The molecule has 1 aromatic heterocycles. The summed E-state index contributed by atoms with van der Waals surface area (Å²) < 4.78 is 7.41. The number of ether oxygens (including phenoxy) is 1. The van der Waals surface area contributed by atoms with Crippen molar-refractivity contribution in [2.75, 3.05) is 13.2 Å². The molecule has 0 amide bonds. The second-order valence-corrected chi connectivity index (χ2v) is 4.87. The molecule has 0 aliphatic carbocycles. The number of hydrogen-bond donors (Lipinski definition) is 1. The highest BCUT2D eigenvalue weighted by Crippen LogP contribution is 2.21. The smallest absolute Gasteiger partial charge is 0.130 e. The summed E-state index contributed by atoms with van der Waals surface area (Å²) in [4.78, 5) is 0. The Kier molecular flexibility index (Phi) is 6.12. The summed E-state index contributed by atoms with van der Waals surface area (Å²) in [5.41, 5.74) is 2.10. The quantitative estimate of drug-likeness (QED) is 0.829. The minimum absolute atomic E-state index is 0.158. The third-order valence-corrected chi connectivity index (χ3v) is 3.63. The van der Waals surface area contributed by atoms with Crippen molar-refractivity contribution in [1.82, 2.24) is 15.1 Å². The Labute approximate surface area is 115 Å². The van der Waals surface area contributed by atoms with E-state index in [1.165, 1.54) is 0 Å². The lowest BCUT2D eigenvalue weighted by molar-refractivity contribution is 0.0480. The first-order chi connectivity index (χ1) is 8.51. The van der Waals surface area contributed by atoms with E-state index < -0.39 is 0 Å². The second kappa shape index (κ2) is 7.12. The topological polar surface area (TPSA) is 39.1 Å². The van der Waals surface area contributed by atoms with Gasteiger partial charge in [-0.3, -0.25) is 4.68 Å². The fraction of sp³-hybridized carbons (Fsp3) is 0.769. The molecule has 1 aromatic rings. The van der Waals surface area contributed by atoms with Crippen LogP contribution in [0.4, 0.5) is 0 Å². The second-order valence-electron chi connectivity index (χ2n) is 4.51. The highest BCUT2D eigenvalue weighted by Gasteiger charge is 2.21. The Morgan fingerprint density at radius 1 is 1.44 bits per heavy atom. The van der Waals surface area contributed by atoms with Gasteiger partial charge in [0, 0.05) is 25.3 Å². The standard InChI is InChI=1S/C13H24ClN3O/c1-6-15-12(10(4)18-7-2)8-11-9(3)16-17(5)13(11)14/h10,12,15H,6-8H2,1-5H3. The van der Waals surface area contributed by atoms with Gasteiger partial charge in [-0.1, -0.05) is 18.5 Å². The van der Waals surface area contributed by atoms with E-state index in [0.717, 1.165) is 36.0 Å². The molecule has 0 aliphatic rings. The van der Waals surface area contributed by atoms with Crippen molar-refractivity contribution in [3.63, 3.8) is 0 Å². The molecule has 2 atom stereocenters. The zero-order valence-corrected chi connectivity index (χ0v) is 12.7. The van der Waals surface area contributed by atoms with Crippen molar-refractivity contribution < 1.29 is 4.74 Å². The van der Waals surface area contributed by atoms with Gasteiger partial charge in [-0.05, 0) is 33.7 Å². The van der Waals surface area contributed by atoms with Crippen LogP contribution in [0.5, 0.6) is 0 Å². The lowest BCUT2D eigenvalue weighted by Gasteiger charge is -2.24. The molecule has 0 saturated carbocycles. The van der Waals surface area contributed by atoms with Gasteiger partial charge in [0.2, 0.25) is 0 Å². The summed E-state index contributed by atoms with van der Waals surface area (Å²) in [5.74, 6) is 0. The monoisotopic (exact) mass is 273 g/mol. The molecule has 18 heavy (non-hydrogen) atoms. The number of rotatable bonds is 7. The SMILES string of the molecule is CCNC(Cc1c(C)nn(C)c1Cl)C(C)OCC. The van der Waals surface area contributed by atoms with Crippen molar-refractivity contribution in [2.45, 2.75) is 46.3 Å². The number of likely N-dealkylation sites (N-methyl/N-ethyl adjacent to an activating group) is 1. The van der Waals surface area contributed by atoms with Crippen LogP contribution >= 0.6 is 11.6 Å². The van der Waals surface area contributed by atoms with Crippen LogP contribution in [0.2, 0.25) is 5.15 Å². The Morgan fingerprint density at radius 3 is 2.56 bits per heavy atom. The first-order valence-electron chi connectivity index (χ1n) is 6.54. The number of nitrogens with one attached hydrogen (secondary N) is 1. The molecule has 0 bridgehead atoms. The largest absolute Gasteiger partial charge is 0.377 e. The number of halogens is 1. The van der Waals surface area contributed by atoms with Crippen LogP contribution < -0.4 is 5.32 Å². The van der Waals surface area contributed by atoms with Crippen LogP contribution in [0.15, 0.2) is 0 Å². The molecule has 0 saturated heterocycles. The zero-order valence-electron chi connectivity index (χ0n) is 12.0. The normalized spacial score (nSPS) is 14.8. The summed E-state index contributed by atoms with van der Waals surface area (Å²) >= 11 is 6.27. The summed E-state index contributed by atoms with van der Waals surface area (Å²) in [7, 11) is 1.87. The highest BCUT2D eigenvalue weighted by molar-refractivity contribution is 6.30. The van der Waals surface area contributed by atoms with Crippen LogP contribution in [0, 0.1) is 6.92 Å². The molecule has 1 rings (SSSR count). The minimum atomic E-state index is 0.158. The summed E-state index contributed by atoms with van der Waals surface area (Å²) in [6, 6.07) is 0.260. The number of aryl methyl sites for hydroxylation is 2. The van der Waals surface area contributed by atoms with E-state index in [-0.39, 0.29) is 12.1 Å². The molecule has 0 aromatic carbocycles. The first-order valence-corrected chi connectivity index (χ1v) is 6.91. The van der Waals surface area contributed by atoms with Gasteiger partial charge in [0.1, 0.15) is 5.15 Å². The predicted molar refractivity (Wildman–Crippen MR) is 75.2 cm³/mol. The molecule has 4 nitrogen and oxygen atoms in total. The Hall–Kier alpha value is -0.580. The van der Waals surface area contributed by atoms with E-state index in [9.17, 15) is 0 Å². The van der Waals surface area contributed by atoms with Gasteiger partial charge in [0.25, 0.3) is 0 Å². The molecule has 2 unspecified atom stereocenters. The summed E-state index contributed by atoms with van der Waals surface area (Å²) in [6.07, 6.45) is 0.999. The third kappa shape index (κ3) is 3.70. The zero-order chi connectivity index (χ0) is 13.7. The minimum Gasteiger partial charge on any atom is -0.377 e. The highest BCUT2D eigenvalue weighted by atomic mass is 35.5. The van der Waals surface area contributed by atoms with Gasteiger partial charge >= 0.3 is 0 Å². The van der Waals surface area contributed by atoms with E-state index in [0.29, 0.717) is 0 Å². The first kappa shape index (κ1) is 15.5. The van der Waals surface area contributed by atoms with Crippen LogP contribution in [0.3, 0.4) is 0 Å². The van der Waals surface area contributed by atoms with Crippen molar-refractivity contribution >= 4 is 11.6 Å². The number of aromatic nitrogens is 2. The maximum absolute atomic E-state index is 6.27. The van der Waals surface area contributed by atoms with Crippen molar-refractivity contribution in [1.29, 1.82) is 0 Å². The van der Waals surface area contributed by atoms with E-state index in [2.05, 4.69) is 24.3 Å². The predicted octanol–water partition coefficient (Wildman–Crippen LogP) is 2.33. The molecule has 1 heterocycles. The van der Waals surface area contributed by atoms with Crippen LogP contribution in [-0.2, 0) is 18.2 Å². The van der Waals surface area contributed by atoms with Crippen LogP contribution in [0.1, 0.15) is 32.0 Å². The average Bonchev–Trinajstić information content (AvgIpc) is 2.55. The van der Waals surface area contributed by atoms with Crippen molar-refractivity contribution in [3.05, 3.63) is 16.4 Å². The summed E-state index contributed by atoms with van der Waals surface area (Å²) in [5, 5.41) is 8.53. The maximum atomic E-state index is 6.27. The number of nitrogens with zero attached hydrogens (tertiary/aromatic N) is 2. The third-order valence-electron chi connectivity index (χ3n) is 3.16. The molecular weight excluding hydrogens is 250 g/mol. The lowest BCUT2D eigenvalue weighted by Crippen LogP contribution is -2.41. The van der Waals surface area contributed by atoms with Gasteiger partial charge in [0.15, 0.2) is 0 Å².